The van der Waals surface area contributed by atoms with Crippen LogP contribution in [0.5, 0.6) is 17.4 Å². The second kappa shape index (κ2) is 8.91. The fourth-order valence-electron chi connectivity index (χ4n) is 2.77. The molecule has 0 spiro atoms. The zero-order valence-electron chi connectivity index (χ0n) is 16.4. The maximum atomic E-state index is 12.1. The largest absolute Gasteiger partial charge is 0.484 e. The minimum Gasteiger partial charge on any atom is -0.484 e. The molecule has 4 rings (SSSR count). The van der Waals surface area contributed by atoms with E-state index in [1.54, 1.807) is 30.3 Å². The fraction of sp³-hybridized carbons (Fsp3) is 0.0870. The third-order valence-corrected chi connectivity index (χ3v) is 4.21. The van der Waals surface area contributed by atoms with Gasteiger partial charge in [0.05, 0.1) is 0 Å². The minimum absolute atomic E-state index is 0.0644. The molecule has 0 radical (unpaired) electrons. The number of rotatable bonds is 7. The molecule has 2 heterocycles. The number of benzene rings is 2. The van der Waals surface area contributed by atoms with E-state index in [0.717, 1.165) is 5.56 Å². The summed E-state index contributed by atoms with van der Waals surface area (Å²) in [6.45, 7) is 1.91. The maximum Gasteiger partial charge on any atom is 0.262 e. The number of nitrogens with zero attached hydrogens (tertiary/aromatic N) is 3. The third-order valence-electron chi connectivity index (χ3n) is 4.21. The highest BCUT2D eigenvalue weighted by Crippen LogP contribution is 2.21. The maximum absolute atomic E-state index is 12.1. The Balaban J connectivity index is 1.30. The van der Waals surface area contributed by atoms with Crippen molar-refractivity contribution >= 4 is 11.6 Å². The molecule has 0 unspecified atom stereocenters. The fourth-order valence-corrected chi connectivity index (χ4v) is 2.77. The molecular weight excluding hydrogens is 380 g/mol. The SMILES string of the molecule is Cc1cccc(OCC(=O)Nc2ccc(Oc3ccc(-n4cccc4)nn3)cc2)c1. The van der Waals surface area contributed by atoms with Crippen molar-refractivity contribution in [1.29, 1.82) is 0 Å². The van der Waals surface area contributed by atoms with Gasteiger partial charge in [0.1, 0.15) is 11.5 Å². The van der Waals surface area contributed by atoms with E-state index >= 15 is 0 Å². The van der Waals surface area contributed by atoms with E-state index < -0.39 is 0 Å². The van der Waals surface area contributed by atoms with Crippen LogP contribution in [0.1, 0.15) is 5.56 Å². The van der Waals surface area contributed by atoms with E-state index in [9.17, 15) is 4.79 Å². The summed E-state index contributed by atoms with van der Waals surface area (Å²) in [5, 5.41) is 11.0. The lowest BCUT2D eigenvalue weighted by atomic mass is 10.2. The van der Waals surface area contributed by atoms with Gasteiger partial charge in [-0.2, -0.15) is 0 Å². The molecule has 0 fully saturated rings. The van der Waals surface area contributed by atoms with E-state index in [1.165, 1.54) is 0 Å². The van der Waals surface area contributed by atoms with Crippen LogP contribution < -0.4 is 14.8 Å². The average Bonchev–Trinajstić information content (AvgIpc) is 3.29. The van der Waals surface area contributed by atoms with Crippen LogP contribution in [-0.4, -0.2) is 27.3 Å². The first-order valence-corrected chi connectivity index (χ1v) is 9.40. The van der Waals surface area contributed by atoms with Gasteiger partial charge in [0.2, 0.25) is 5.88 Å². The quantitative estimate of drug-likeness (QED) is 0.498. The summed E-state index contributed by atoms with van der Waals surface area (Å²) in [6, 6.07) is 22.0. The van der Waals surface area contributed by atoms with Crippen LogP contribution in [-0.2, 0) is 4.79 Å². The number of anilines is 1. The highest BCUT2D eigenvalue weighted by Gasteiger charge is 2.06. The van der Waals surface area contributed by atoms with Crippen molar-refractivity contribution in [2.75, 3.05) is 11.9 Å². The van der Waals surface area contributed by atoms with Crippen LogP contribution in [0.3, 0.4) is 0 Å². The van der Waals surface area contributed by atoms with Gasteiger partial charge in [-0.15, -0.1) is 10.2 Å². The van der Waals surface area contributed by atoms with Gasteiger partial charge in [0.15, 0.2) is 12.4 Å². The zero-order chi connectivity index (χ0) is 20.8. The topological polar surface area (TPSA) is 78.3 Å². The van der Waals surface area contributed by atoms with Crippen LogP contribution >= 0.6 is 0 Å². The van der Waals surface area contributed by atoms with Gasteiger partial charge in [0.25, 0.3) is 5.91 Å². The predicted octanol–water partition coefficient (Wildman–Crippen LogP) is 4.39. The van der Waals surface area contributed by atoms with Crippen molar-refractivity contribution in [2.24, 2.45) is 0 Å². The first-order valence-electron chi connectivity index (χ1n) is 9.40. The van der Waals surface area contributed by atoms with Crippen LogP contribution in [0.4, 0.5) is 5.69 Å². The standard InChI is InChI=1S/C23H20N4O3/c1-17-5-4-6-20(15-17)29-16-22(28)24-18-7-9-19(10-8-18)30-23-12-11-21(25-26-23)27-13-2-3-14-27/h2-15H,16H2,1H3,(H,24,28). The van der Waals surface area contributed by atoms with Crippen molar-refractivity contribution in [1.82, 2.24) is 14.8 Å². The molecule has 0 atom stereocenters. The number of ether oxygens (including phenoxy) is 2. The Labute approximate surface area is 173 Å². The van der Waals surface area contributed by atoms with Crippen molar-refractivity contribution in [3.8, 4) is 23.2 Å². The van der Waals surface area contributed by atoms with Gasteiger partial charge in [-0.3, -0.25) is 4.79 Å². The lowest BCUT2D eigenvalue weighted by Gasteiger charge is -2.09. The minimum atomic E-state index is -0.239. The van der Waals surface area contributed by atoms with Gasteiger partial charge < -0.3 is 19.4 Å². The van der Waals surface area contributed by atoms with Crippen molar-refractivity contribution < 1.29 is 14.3 Å². The molecule has 2 aromatic heterocycles. The second-order valence-corrected chi connectivity index (χ2v) is 6.60. The van der Waals surface area contributed by atoms with E-state index in [2.05, 4.69) is 15.5 Å². The van der Waals surface area contributed by atoms with Crippen LogP contribution in [0, 0.1) is 6.92 Å². The Hall–Kier alpha value is -4.13. The number of carbonyl (C=O) groups excluding carboxylic acids is 1. The van der Waals surface area contributed by atoms with Crippen molar-refractivity contribution in [3.63, 3.8) is 0 Å². The van der Waals surface area contributed by atoms with Crippen LogP contribution in [0.2, 0.25) is 0 Å². The highest BCUT2D eigenvalue weighted by molar-refractivity contribution is 5.91. The van der Waals surface area contributed by atoms with Gasteiger partial charge in [-0.1, -0.05) is 12.1 Å². The first kappa shape index (κ1) is 19.2. The van der Waals surface area contributed by atoms with E-state index in [-0.39, 0.29) is 12.5 Å². The zero-order valence-corrected chi connectivity index (χ0v) is 16.4. The summed E-state index contributed by atoms with van der Waals surface area (Å²) in [4.78, 5) is 12.1. The molecule has 0 aliphatic carbocycles. The molecule has 2 aromatic carbocycles. The normalized spacial score (nSPS) is 10.4. The third kappa shape index (κ3) is 5.02. The number of hydrogen-bond acceptors (Lipinski definition) is 5. The number of aromatic nitrogens is 3. The molecule has 0 aliphatic heterocycles. The Morgan fingerprint density at radius 3 is 2.43 bits per heavy atom. The number of nitrogens with one attached hydrogen (secondary N) is 1. The van der Waals surface area contributed by atoms with Gasteiger partial charge in [-0.25, -0.2) is 0 Å². The molecule has 30 heavy (non-hydrogen) atoms. The lowest BCUT2D eigenvalue weighted by Crippen LogP contribution is -2.20. The molecule has 0 bridgehead atoms. The monoisotopic (exact) mass is 400 g/mol. The Bertz CT molecular complexity index is 1110. The Morgan fingerprint density at radius 2 is 1.73 bits per heavy atom. The van der Waals surface area contributed by atoms with E-state index in [0.29, 0.717) is 28.9 Å². The molecule has 0 aliphatic rings. The van der Waals surface area contributed by atoms with Gasteiger partial charge >= 0.3 is 0 Å². The van der Waals surface area contributed by atoms with Gasteiger partial charge in [-0.05, 0) is 67.1 Å². The number of aryl methyl sites for hydroxylation is 1. The summed E-state index contributed by atoms with van der Waals surface area (Å²) in [5.74, 6) is 2.11. The van der Waals surface area contributed by atoms with Crippen LogP contribution in [0.15, 0.2) is 85.2 Å². The van der Waals surface area contributed by atoms with Crippen molar-refractivity contribution in [2.45, 2.75) is 6.92 Å². The van der Waals surface area contributed by atoms with Gasteiger partial charge in [0, 0.05) is 24.1 Å². The lowest BCUT2D eigenvalue weighted by molar-refractivity contribution is -0.118. The van der Waals surface area contributed by atoms with Crippen LogP contribution in [0.25, 0.3) is 5.82 Å². The van der Waals surface area contributed by atoms with E-state index in [1.807, 2.05) is 66.3 Å². The summed E-state index contributed by atoms with van der Waals surface area (Å²) >= 11 is 0. The highest BCUT2D eigenvalue weighted by atomic mass is 16.5. The summed E-state index contributed by atoms with van der Waals surface area (Å²) in [5.41, 5.74) is 1.72. The summed E-state index contributed by atoms with van der Waals surface area (Å²) in [6.07, 6.45) is 3.78. The molecule has 7 heteroatoms. The molecule has 1 N–H and O–H groups in total. The molecule has 0 saturated carbocycles. The molecule has 0 saturated heterocycles. The smallest absolute Gasteiger partial charge is 0.262 e. The molecular formula is C23H20N4O3. The summed E-state index contributed by atoms with van der Waals surface area (Å²) < 4.78 is 13.1. The van der Waals surface area contributed by atoms with Crippen molar-refractivity contribution in [3.05, 3.63) is 90.8 Å². The first-order chi connectivity index (χ1) is 14.7. The predicted molar refractivity (Wildman–Crippen MR) is 113 cm³/mol. The average molecular weight is 400 g/mol. The number of amides is 1. The number of hydrogen-bond donors (Lipinski definition) is 1. The van der Waals surface area contributed by atoms with E-state index in [4.69, 9.17) is 9.47 Å². The molecule has 150 valence electrons. The Morgan fingerprint density at radius 1 is 0.933 bits per heavy atom. The summed E-state index contributed by atoms with van der Waals surface area (Å²) in [7, 11) is 0. The second-order valence-electron chi connectivity index (χ2n) is 6.60. The number of carbonyl (C=O) groups is 1. The molecule has 1 amide bonds. The molecule has 7 nitrogen and oxygen atoms in total. The Kier molecular flexibility index (Phi) is 5.70. The molecule has 4 aromatic rings.